The molecule has 0 aliphatic rings. The minimum atomic E-state index is -1.33. The lowest BCUT2D eigenvalue weighted by molar-refractivity contribution is -0.296. The van der Waals surface area contributed by atoms with Crippen molar-refractivity contribution < 1.29 is 9.90 Å². The monoisotopic (exact) mass is 229 g/mol. The number of hydrogen-bond donors (Lipinski definition) is 0. The molecule has 17 heavy (non-hydrogen) atoms. The molecule has 0 unspecified atom stereocenters. The molecule has 0 spiro atoms. The summed E-state index contributed by atoms with van der Waals surface area (Å²) in [7, 11) is 0. The second-order valence-corrected chi connectivity index (χ2v) is 3.37. The minimum absolute atomic E-state index is 0.0984. The molecule has 0 fully saturated rings. The Bertz CT molecular complexity index is 560. The number of hydrogen-bond acceptors (Lipinski definition) is 5. The molecule has 1 aromatic heterocycles. The van der Waals surface area contributed by atoms with Gasteiger partial charge in [0.2, 0.25) is 0 Å². The SMILES string of the molecule is Cc1nnnn1C(=Cc1ccccc1)C(=O)[O-]. The predicted octanol–water partition coefficient (Wildman–Crippen LogP) is -0.270. The maximum Gasteiger partial charge on any atom is 0.153 e. The van der Waals surface area contributed by atoms with Crippen molar-refractivity contribution in [2.75, 3.05) is 0 Å². The molecular formula is C11H9N4O2-. The molecule has 1 aromatic carbocycles. The molecule has 0 N–H and O–H groups in total. The van der Waals surface area contributed by atoms with Crippen LogP contribution < -0.4 is 5.11 Å². The largest absolute Gasteiger partial charge is 0.543 e. The van der Waals surface area contributed by atoms with Gasteiger partial charge in [-0.25, -0.2) is 0 Å². The van der Waals surface area contributed by atoms with E-state index in [4.69, 9.17) is 0 Å². The van der Waals surface area contributed by atoms with Crippen LogP contribution in [-0.4, -0.2) is 26.2 Å². The second-order valence-electron chi connectivity index (χ2n) is 3.37. The Morgan fingerprint density at radius 1 is 1.35 bits per heavy atom. The molecule has 0 saturated heterocycles. The van der Waals surface area contributed by atoms with Gasteiger partial charge in [-0.2, -0.15) is 4.68 Å². The van der Waals surface area contributed by atoms with Gasteiger partial charge in [-0.1, -0.05) is 30.3 Å². The third kappa shape index (κ3) is 2.36. The number of carbonyl (C=O) groups excluding carboxylic acids is 1. The Balaban J connectivity index is 2.48. The molecule has 0 aliphatic heterocycles. The smallest absolute Gasteiger partial charge is 0.153 e. The Hall–Kier alpha value is -2.50. The van der Waals surface area contributed by atoms with Crippen molar-refractivity contribution in [2.45, 2.75) is 6.92 Å². The van der Waals surface area contributed by atoms with Crippen molar-refractivity contribution in [3.63, 3.8) is 0 Å². The fraction of sp³-hybridized carbons (Fsp3) is 0.0909. The zero-order valence-electron chi connectivity index (χ0n) is 9.07. The van der Waals surface area contributed by atoms with Crippen LogP contribution in [0.4, 0.5) is 0 Å². The number of carboxylic acid groups (broad SMARTS) is 1. The van der Waals surface area contributed by atoms with Gasteiger partial charge in [0.05, 0.1) is 11.7 Å². The summed E-state index contributed by atoms with van der Waals surface area (Å²) < 4.78 is 1.13. The summed E-state index contributed by atoms with van der Waals surface area (Å²) in [4.78, 5) is 11.1. The third-order valence-corrected chi connectivity index (χ3v) is 2.17. The molecule has 2 rings (SSSR count). The highest BCUT2D eigenvalue weighted by Gasteiger charge is 2.07. The Kier molecular flexibility index (Phi) is 2.95. The van der Waals surface area contributed by atoms with Gasteiger partial charge >= 0.3 is 0 Å². The molecule has 2 aromatic rings. The summed E-state index contributed by atoms with van der Waals surface area (Å²) in [5.41, 5.74) is 0.639. The van der Waals surface area contributed by atoms with Crippen LogP contribution in [0.15, 0.2) is 30.3 Å². The molecule has 0 saturated carbocycles. The number of aromatic nitrogens is 4. The quantitative estimate of drug-likeness (QED) is 0.676. The first-order valence-corrected chi connectivity index (χ1v) is 4.92. The van der Waals surface area contributed by atoms with Crippen LogP contribution in [0.1, 0.15) is 11.4 Å². The summed E-state index contributed by atoms with van der Waals surface area (Å²) in [5.74, 6) is -0.944. The number of benzene rings is 1. The van der Waals surface area contributed by atoms with Gasteiger partial charge in [0.1, 0.15) is 0 Å². The maximum atomic E-state index is 11.1. The molecule has 6 heteroatoms. The van der Waals surface area contributed by atoms with Gasteiger partial charge < -0.3 is 9.90 Å². The fourth-order valence-electron chi connectivity index (χ4n) is 1.37. The topological polar surface area (TPSA) is 83.7 Å². The molecule has 0 amide bonds. The summed E-state index contributed by atoms with van der Waals surface area (Å²) in [6.07, 6.45) is 1.46. The molecule has 0 atom stereocenters. The van der Waals surface area contributed by atoms with Gasteiger partial charge in [0.25, 0.3) is 0 Å². The zero-order chi connectivity index (χ0) is 12.3. The van der Waals surface area contributed by atoms with Crippen molar-refractivity contribution in [1.82, 2.24) is 20.2 Å². The summed E-state index contributed by atoms with van der Waals surface area (Å²) in [6, 6.07) is 9.03. The van der Waals surface area contributed by atoms with Crippen LogP contribution in [0.25, 0.3) is 11.8 Å². The molecular weight excluding hydrogens is 220 g/mol. The number of aryl methyl sites for hydroxylation is 1. The van der Waals surface area contributed by atoms with Gasteiger partial charge in [-0.3, -0.25) is 0 Å². The molecule has 86 valence electrons. The van der Waals surface area contributed by atoms with Crippen LogP contribution in [0.3, 0.4) is 0 Å². The Labute approximate surface area is 97.2 Å². The molecule has 0 aliphatic carbocycles. The maximum absolute atomic E-state index is 11.1. The first-order valence-electron chi connectivity index (χ1n) is 4.92. The van der Waals surface area contributed by atoms with Gasteiger partial charge in [0.15, 0.2) is 5.82 Å². The average molecular weight is 229 g/mol. The average Bonchev–Trinajstić information content (AvgIpc) is 2.73. The van der Waals surface area contributed by atoms with Crippen LogP contribution in [0.5, 0.6) is 0 Å². The van der Waals surface area contributed by atoms with Crippen LogP contribution in [0, 0.1) is 6.92 Å². The van der Waals surface area contributed by atoms with E-state index in [2.05, 4.69) is 15.5 Å². The van der Waals surface area contributed by atoms with E-state index >= 15 is 0 Å². The van der Waals surface area contributed by atoms with E-state index in [1.165, 1.54) is 6.08 Å². The molecule has 0 bridgehead atoms. The fourth-order valence-corrected chi connectivity index (χ4v) is 1.37. The number of rotatable bonds is 3. The van der Waals surface area contributed by atoms with E-state index in [0.29, 0.717) is 5.82 Å². The van der Waals surface area contributed by atoms with Crippen molar-refractivity contribution in [2.24, 2.45) is 0 Å². The van der Waals surface area contributed by atoms with Crippen molar-refractivity contribution in [3.8, 4) is 0 Å². The second kappa shape index (κ2) is 4.56. The Morgan fingerprint density at radius 3 is 2.59 bits per heavy atom. The first kappa shape index (κ1) is 11.0. The highest BCUT2D eigenvalue weighted by molar-refractivity contribution is 6.12. The van der Waals surface area contributed by atoms with E-state index in [9.17, 15) is 9.90 Å². The number of nitrogens with zero attached hydrogens (tertiary/aromatic N) is 4. The number of tetrazole rings is 1. The van der Waals surface area contributed by atoms with E-state index in [-0.39, 0.29) is 5.70 Å². The molecule has 0 radical (unpaired) electrons. The minimum Gasteiger partial charge on any atom is -0.543 e. The standard InChI is InChI=1S/C11H10N4O2/c1-8-12-13-14-15(8)10(11(16)17)7-9-5-3-2-4-6-9/h2-7H,1H3,(H,16,17)/p-1. The first-order chi connectivity index (χ1) is 8.18. The predicted molar refractivity (Wildman–Crippen MR) is 58.2 cm³/mol. The number of aliphatic carboxylic acids is 1. The lowest BCUT2D eigenvalue weighted by Gasteiger charge is -2.08. The van der Waals surface area contributed by atoms with E-state index < -0.39 is 5.97 Å². The summed E-state index contributed by atoms with van der Waals surface area (Å²) >= 11 is 0. The van der Waals surface area contributed by atoms with Gasteiger partial charge in [-0.05, 0) is 29.0 Å². The van der Waals surface area contributed by atoms with Crippen molar-refractivity contribution >= 4 is 17.7 Å². The lowest BCUT2D eigenvalue weighted by atomic mass is 10.2. The zero-order valence-corrected chi connectivity index (χ0v) is 9.07. The van der Waals surface area contributed by atoms with Crippen LogP contribution in [0.2, 0.25) is 0 Å². The molecule has 1 heterocycles. The van der Waals surface area contributed by atoms with Crippen molar-refractivity contribution in [3.05, 3.63) is 41.7 Å². The highest BCUT2D eigenvalue weighted by atomic mass is 16.4. The van der Waals surface area contributed by atoms with Gasteiger partial charge in [0, 0.05) is 0 Å². The normalized spacial score (nSPS) is 11.5. The molecule has 6 nitrogen and oxygen atoms in total. The Morgan fingerprint density at radius 2 is 2.06 bits per heavy atom. The van der Waals surface area contributed by atoms with E-state index in [1.807, 2.05) is 18.2 Å². The third-order valence-electron chi connectivity index (χ3n) is 2.17. The highest BCUT2D eigenvalue weighted by Crippen LogP contribution is 2.10. The lowest BCUT2D eigenvalue weighted by Crippen LogP contribution is -2.27. The van der Waals surface area contributed by atoms with E-state index in [1.54, 1.807) is 19.1 Å². The summed E-state index contributed by atoms with van der Waals surface area (Å²) in [6.45, 7) is 1.61. The summed E-state index contributed by atoms with van der Waals surface area (Å²) in [5, 5.41) is 21.7. The van der Waals surface area contributed by atoms with Crippen LogP contribution >= 0.6 is 0 Å². The van der Waals surface area contributed by atoms with Gasteiger partial charge in [-0.15, -0.1) is 5.10 Å². The van der Waals surface area contributed by atoms with Crippen molar-refractivity contribution in [1.29, 1.82) is 0 Å². The number of carbonyl (C=O) groups is 1. The number of carboxylic acids is 1. The van der Waals surface area contributed by atoms with Crippen LogP contribution in [-0.2, 0) is 4.79 Å². The van der Waals surface area contributed by atoms with E-state index in [0.717, 1.165) is 10.2 Å².